The Morgan fingerprint density at radius 1 is 0.919 bits per heavy atom. The molecule has 0 radical (unpaired) electrons. The number of pyridine rings is 3. The number of hydrogen-bond acceptors (Lipinski definition) is 6. The van der Waals surface area contributed by atoms with Crippen molar-refractivity contribution < 1.29 is 4.79 Å². The van der Waals surface area contributed by atoms with Gasteiger partial charge in [-0.3, -0.25) is 19.9 Å². The van der Waals surface area contributed by atoms with Gasteiger partial charge in [0.15, 0.2) is 11.5 Å². The molecule has 5 heterocycles. The average molecular weight is 487 g/mol. The molecule has 0 bridgehead atoms. The Hall–Kier alpha value is -4.92. The molecule has 5 aromatic heterocycles. The van der Waals surface area contributed by atoms with Gasteiger partial charge in [0.25, 0.3) is 0 Å². The van der Waals surface area contributed by atoms with E-state index in [1.165, 1.54) is 5.56 Å². The van der Waals surface area contributed by atoms with Crippen LogP contribution >= 0.6 is 0 Å². The van der Waals surface area contributed by atoms with Crippen molar-refractivity contribution >= 4 is 33.7 Å². The van der Waals surface area contributed by atoms with Gasteiger partial charge in [0.05, 0.1) is 40.3 Å². The standard InChI is InChI=1S/C28H22N8O/c1-15-3-2-4-17(9-15)20-13-30-14-23-24(20)34-27(33-23)26-25-22(35-36-26)8-7-21(32-25)18-10-19(12-29-11-18)31-28(37)16-5-6-16/h2-4,7-14,16H,5-6H2,1H3,(H,31,37)(H,33,34)(H,35,36). The molecule has 9 nitrogen and oxygen atoms in total. The van der Waals surface area contributed by atoms with Crippen LogP contribution in [-0.4, -0.2) is 41.0 Å². The number of fused-ring (bicyclic) bond motifs is 2. The molecule has 6 aromatic rings. The minimum atomic E-state index is 0.0453. The van der Waals surface area contributed by atoms with Crippen molar-refractivity contribution in [2.24, 2.45) is 5.92 Å². The number of benzene rings is 1. The lowest BCUT2D eigenvalue weighted by atomic mass is 10.0. The number of imidazole rings is 1. The molecule has 0 unspecified atom stereocenters. The monoisotopic (exact) mass is 486 g/mol. The van der Waals surface area contributed by atoms with Gasteiger partial charge in [-0.05, 0) is 43.5 Å². The number of aromatic amines is 2. The topological polar surface area (TPSA) is 125 Å². The Kier molecular flexibility index (Phi) is 4.81. The van der Waals surface area contributed by atoms with Gasteiger partial charge in [-0.1, -0.05) is 29.8 Å². The lowest BCUT2D eigenvalue weighted by Gasteiger charge is -2.06. The Bertz CT molecular complexity index is 1810. The van der Waals surface area contributed by atoms with Gasteiger partial charge in [0.2, 0.25) is 5.91 Å². The largest absolute Gasteiger partial charge is 0.335 e. The molecule has 0 spiro atoms. The first kappa shape index (κ1) is 21.4. The van der Waals surface area contributed by atoms with Crippen molar-refractivity contribution in [2.45, 2.75) is 19.8 Å². The van der Waals surface area contributed by atoms with Crippen LogP contribution in [0.2, 0.25) is 0 Å². The van der Waals surface area contributed by atoms with Gasteiger partial charge < -0.3 is 10.3 Å². The number of carbonyl (C=O) groups excluding carboxylic acids is 1. The molecule has 1 aliphatic rings. The maximum atomic E-state index is 12.2. The zero-order valence-corrected chi connectivity index (χ0v) is 20.0. The molecule has 180 valence electrons. The van der Waals surface area contributed by atoms with Crippen LogP contribution in [0.25, 0.3) is 56.0 Å². The van der Waals surface area contributed by atoms with Crippen LogP contribution in [-0.2, 0) is 4.79 Å². The van der Waals surface area contributed by atoms with Crippen LogP contribution < -0.4 is 5.32 Å². The van der Waals surface area contributed by atoms with Gasteiger partial charge in [-0.2, -0.15) is 5.10 Å². The van der Waals surface area contributed by atoms with Crippen LogP contribution in [0.4, 0.5) is 5.69 Å². The summed E-state index contributed by atoms with van der Waals surface area (Å²) in [5, 5.41) is 10.5. The minimum absolute atomic E-state index is 0.0453. The molecule has 1 aliphatic carbocycles. The number of nitrogens with zero attached hydrogens (tertiary/aromatic N) is 5. The second-order valence-electron chi connectivity index (χ2n) is 9.43. The van der Waals surface area contributed by atoms with E-state index in [0.29, 0.717) is 22.7 Å². The molecule has 7 rings (SSSR count). The lowest BCUT2D eigenvalue weighted by Crippen LogP contribution is -2.13. The van der Waals surface area contributed by atoms with E-state index in [9.17, 15) is 4.79 Å². The van der Waals surface area contributed by atoms with E-state index in [-0.39, 0.29) is 11.8 Å². The SMILES string of the molecule is Cc1cccc(-c2cncc3[nH]c(-c4n[nH]c5ccc(-c6cncc(NC(=O)C7CC7)c6)nc45)nc23)c1. The van der Waals surface area contributed by atoms with Gasteiger partial charge in [-0.15, -0.1) is 0 Å². The maximum absolute atomic E-state index is 12.2. The summed E-state index contributed by atoms with van der Waals surface area (Å²) in [6.45, 7) is 2.07. The molecule has 0 aliphatic heterocycles. The van der Waals surface area contributed by atoms with Crippen molar-refractivity contribution in [2.75, 3.05) is 5.32 Å². The average Bonchev–Trinajstić information content (AvgIpc) is 3.55. The summed E-state index contributed by atoms with van der Waals surface area (Å²) in [6, 6.07) is 14.0. The van der Waals surface area contributed by atoms with Gasteiger partial charge >= 0.3 is 0 Å². The third kappa shape index (κ3) is 3.90. The van der Waals surface area contributed by atoms with E-state index < -0.39 is 0 Å². The Balaban J connectivity index is 1.28. The fourth-order valence-electron chi connectivity index (χ4n) is 4.53. The van der Waals surface area contributed by atoms with E-state index in [4.69, 9.17) is 9.97 Å². The van der Waals surface area contributed by atoms with Gasteiger partial charge in [0.1, 0.15) is 5.52 Å². The van der Waals surface area contributed by atoms with E-state index in [1.807, 2.05) is 30.5 Å². The fraction of sp³-hybridized carbons (Fsp3) is 0.143. The first-order chi connectivity index (χ1) is 18.1. The van der Waals surface area contributed by atoms with Crippen molar-refractivity contribution in [1.82, 2.24) is 35.1 Å². The molecule has 1 saturated carbocycles. The van der Waals surface area contributed by atoms with E-state index in [0.717, 1.165) is 51.8 Å². The molecule has 9 heteroatoms. The normalized spacial score (nSPS) is 13.3. The number of carbonyl (C=O) groups is 1. The number of aromatic nitrogens is 7. The highest BCUT2D eigenvalue weighted by Crippen LogP contribution is 2.33. The molecule has 1 amide bonds. The van der Waals surface area contributed by atoms with Crippen LogP contribution in [0, 0.1) is 12.8 Å². The number of H-pyrrole nitrogens is 2. The molecule has 1 aromatic carbocycles. The summed E-state index contributed by atoms with van der Waals surface area (Å²) >= 11 is 0. The molecule has 3 N–H and O–H groups in total. The molecule has 0 atom stereocenters. The van der Waals surface area contributed by atoms with E-state index in [1.54, 1.807) is 18.6 Å². The fourth-order valence-corrected chi connectivity index (χ4v) is 4.53. The quantitative estimate of drug-likeness (QED) is 0.304. The van der Waals surface area contributed by atoms with Crippen molar-refractivity contribution in [3.05, 3.63) is 72.8 Å². The first-order valence-corrected chi connectivity index (χ1v) is 12.1. The number of amides is 1. The maximum Gasteiger partial charge on any atom is 0.227 e. The molecular formula is C28H22N8O. The number of aryl methyl sites for hydroxylation is 1. The summed E-state index contributed by atoms with van der Waals surface area (Å²) in [5.74, 6) is 0.775. The van der Waals surface area contributed by atoms with Crippen molar-refractivity contribution in [1.29, 1.82) is 0 Å². The van der Waals surface area contributed by atoms with Crippen molar-refractivity contribution in [3.8, 4) is 33.9 Å². The highest BCUT2D eigenvalue weighted by atomic mass is 16.2. The van der Waals surface area contributed by atoms with E-state index >= 15 is 0 Å². The van der Waals surface area contributed by atoms with E-state index in [2.05, 4.69) is 55.6 Å². The number of nitrogens with one attached hydrogen (secondary N) is 3. The lowest BCUT2D eigenvalue weighted by molar-refractivity contribution is -0.117. The zero-order chi connectivity index (χ0) is 24.9. The predicted molar refractivity (Wildman–Crippen MR) is 142 cm³/mol. The van der Waals surface area contributed by atoms with Crippen LogP contribution in [0.5, 0.6) is 0 Å². The first-order valence-electron chi connectivity index (χ1n) is 12.1. The minimum Gasteiger partial charge on any atom is -0.335 e. The Labute approximate surface area is 211 Å². The Morgan fingerprint density at radius 2 is 1.81 bits per heavy atom. The van der Waals surface area contributed by atoms with Gasteiger partial charge in [-0.25, -0.2) is 9.97 Å². The molecule has 37 heavy (non-hydrogen) atoms. The molecule has 0 saturated heterocycles. The van der Waals surface area contributed by atoms with Gasteiger partial charge in [0, 0.05) is 29.4 Å². The number of rotatable bonds is 5. The second-order valence-corrected chi connectivity index (χ2v) is 9.43. The number of hydrogen-bond donors (Lipinski definition) is 3. The summed E-state index contributed by atoms with van der Waals surface area (Å²) < 4.78 is 0. The Morgan fingerprint density at radius 3 is 2.68 bits per heavy atom. The second kappa shape index (κ2) is 8.34. The summed E-state index contributed by atoms with van der Waals surface area (Å²) in [7, 11) is 0. The van der Waals surface area contributed by atoms with Crippen LogP contribution in [0.3, 0.4) is 0 Å². The van der Waals surface area contributed by atoms with Crippen LogP contribution in [0.1, 0.15) is 18.4 Å². The summed E-state index contributed by atoms with van der Waals surface area (Å²) in [6.07, 6.45) is 8.89. The third-order valence-corrected chi connectivity index (χ3v) is 6.60. The van der Waals surface area contributed by atoms with Crippen molar-refractivity contribution in [3.63, 3.8) is 0 Å². The highest BCUT2D eigenvalue weighted by Gasteiger charge is 2.29. The molecular weight excluding hydrogens is 464 g/mol. The molecule has 1 fully saturated rings. The summed E-state index contributed by atoms with van der Waals surface area (Å²) in [5.41, 5.74) is 9.13. The summed E-state index contributed by atoms with van der Waals surface area (Å²) in [4.78, 5) is 34.1. The zero-order valence-electron chi connectivity index (χ0n) is 20.0. The number of anilines is 1. The predicted octanol–water partition coefficient (Wildman–Crippen LogP) is 5.28. The smallest absolute Gasteiger partial charge is 0.227 e. The third-order valence-electron chi connectivity index (χ3n) is 6.60. The highest BCUT2D eigenvalue weighted by molar-refractivity contribution is 5.96. The van der Waals surface area contributed by atoms with Crippen LogP contribution in [0.15, 0.2) is 67.3 Å².